The number of aliphatic hydroxyl groups is 1. The first-order valence-corrected chi connectivity index (χ1v) is 8.34. The Hall–Kier alpha value is -3.16. The van der Waals surface area contributed by atoms with E-state index in [2.05, 4.69) is 21.8 Å². The van der Waals surface area contributed by atoms with Crippen LogP contribution in [0.25, 0.3) is 11.4 Å². The smallest absolute Gasteiger partial charge is 0.159 e. The number of aromatic nitrogens is 2. The Morgan fingerprint density at radius 1 is 0.962 bits per heavy atom. The van der Waals surface area contributed by atoms with Crippen LogP contribution in [0.2, 0.25) is 0 Å². The van der Waals surface area contributed by atoms with Crippen LogP contribution >= 0.6 is 0 Å². The van der Waals surface area contributed by atoms with Crippen LogP contribution in [-0.2, 0) is 6.61 Å². The van der Waals surface area contributed by atoms with Gasteiger partial charge in [0, 0.05) is 18.0 Å². The minimum absolute atomic E-state index is 0.533. The number of benzene rings is 2. The molecule has 2 aromatic carbocycles. The predicted molar refractivity (Wildman–Crippen MR) is 101 cm³/mol. The van der Waals surface area contributed by atoms with Gasteiger partial charge in [0.2, 0.25) is 0 Å². The number of hydrogen-bond donors (Lipinski definition) is 1. The lowest BCUT2D eigenvalue weighted by Gasteiger charge is -2.07. The molecule has 0 bridgehead atoms. The van der Waals surface area contributed by atoms with Crippen molar-refractivity contribution < 1.29 is 9.84 Å². The van der Waals surface area contributed by atoms with Crippen LogP contribution in [0.5, 0.6) is 5.75 Å². The summed E-state index contributed by atoms with van der Waals surface area (Å²) in [5.41, 5.74) is 1.66. The van der Waals surface area contributed by atoms with Crippen molar-refractivity contribution in [2.45, 2.75) is 26.1 Å². The molecule has 3 aromatic rings. The van der Waals surface area contributed by atoms with Crippen molar-refractivity contribution in [1.29, 1.82) is 0 Å². The van der Waals surface area contributed by atoms with E-state index in [0.717, 1.165) is 16.9 Å². The molecule has 26 heavy (non-hydrogen) atoms. The molecule has 130 valence electrons. The van der Waals surface area contributed by atoms with Gasteiger partial charge in [0.1, 0.15) is 18.0 Å². The third-order valence-corrected chi connectivity index (χ3v) is 3.53. The minimum atomic E-state index is -1.03. The minimum Gasteiger partial charge on any atom is -0.489 e. The average molecular weight is 344 g/mol. The van der Waals surface area contributed by atoms with Gasteiger partial charge in [-0.25, -0.2) is 9.97 Å². The van der Waals surface area contributed by atoms with Crippen molar-refractivity contribution >= 4 is 0 Å². The van der Waals surface area contributed by atoms with E-state index in [4.69, 9.17) is 4.74 Å². The topological polar surface area (TPSA) is 55.2 Å². The molecule has 0 saturated carbocycles. The zero-order chi connectivity index (χ0) is 18.4. The molecule has 0 unspecified atom stereocenters. The molecule has 3 rings (SSSR count). The van der Waals surface area contributed by atoms with Gasteiger partial charge in [0.15, 0.2) is 5.82 Å². The standard InChI is InChI=1S/C22H20N2O2/c1-22(2,25)13-12-18-14-23-21(24-15-18)19-8-10-20(11-9-19)26-16-17-6-4-3-5-7-17/h3-11,14-15,25H,16H2,1-2H3. The zero-order valence-electron chi connectivity index (χ0n) is 14.8. The fourth-order valence-corrected chi connectivity index (χ4v) is 2.21. The van der Waals surface area contributed by atoms with Crippen molar-refractivity contribution in [2.75, 3.05) is 0 Å². The molecular formula is C22H20N2O2. The fraction of sp³-hybridized carbons (Fsp3) is 0.182. The summed E-state index contributed by atoms with van der Waals surface area (Å²) in [6.07, 6.45) is 3.31. The first-order valence-electron chi connectivity index (χ1n) is 8.34. The van der Waals surface area contributed by atoms with Crippen LogP contribution in [0.4, 0.5) is 0 Å². The van der Waals surface area contributed by atoms with Gasteiger partial charge in [-0.1, -0.05) is 42.2 Å². The van der Waals surface area contributed by atoms with E-state index in [-0.39, 0.29) is 0 Å². The Kier molecular flexibility index (Phi) is 5.31. The molecule has 0 radical (unpaired) electrons. The second kappa shape index (κ2) is 7.81. The maximum absolute atomic E-state index is 9.63. The van der Waals surface area contributed by atoms with Crippen LogP contribution in [0.15, 0.2) is 67.0 Å². The number of hydrogen-bond acceptors (Lipinski definition) is 4. The number of nitrogens with zero attached hydrogens (tertiary/aromatic N) is 2. The molecule has 0 fully saturated rings. The van der Waals surface area contributed by atoms with E-state index in [1.807, 2.05) is 54.6 Å². The van der Waals surface area contributed by atoms with Gasteiger partial charge in [0.05, 0.1) is 5.56 Å². The van der Waals surface area contributed by atoms with Crippen LogP contribution < -0.4 is 4.74 Å². The van der Waals surface area contributed by atoms with Crippen molar-refractivity contribution in [3.05, 3.63) is 78.1 Å². The summed E-state index contributed by atoms with van der Waals surface area (Å²) in [5, 5.41) is 9.63. The second-order valence-corrected chi connectivity index (χ2v) is 6.40. The third-order valence-electron chi connectivity index (χ3n) is 3.53. The monoisotopic (exact) mass is 344 g/mol. The van der Waals surface area contributed by atoms with Gasteiger partial charge in [-0.15, -0.1) is 0 Å². The van der Waals surface area contributed by atoms with Gasteiger partial charge >= 0.3 is 0 Å². The molecule has 1 heterocycles. The van der Waals surface area contributed by atoms with Crippen molar-refractivity contribution in [1.82, 2.24) is 9.97 Å². The molecule has 0 aliphatic heterocycles. The van der Waals surface area contributed by atoms with Gasteiger partial charge in [-0.3, -0.25) is 0 Å². The summed E-state index contributed by atoms with van der Waals surface area (Å²) in [6, 6.07) is 17.7. The predicted octanol–water partition coefficient (Wildman–Crippen LogP) is 3.85. The van der Waals surface area contributed by atoms with Crippen molar-refractivity contribution in [2.24, 2.45) is 0 Å². The summed E-state index contributed by atoms with van der Waals surface area (Å²) < 4.78 is 5.78. The summed E-state index contributed by atoms with van der Waals surface area (Å²) in [5.74, 6) is 7.02. The van der Waals surface area contributed by atoms with Gasteiger partial charge < -0.3 is 9.84 Å². The molecule has 0 amide bonds. The largest absolute Gasteiger partial charge is 0.489 e. The van der Waals surface area contributed by atoms with Crippen LogP contribution in [0.3, 0.4) is 0 Å². The van der Waals surface area contributed by atoms with Crippen molar-refractivity contribution in [3.8, 4) is 29.0 Å². The highest BCUT2D eigenvalue weighted by Crippen LogP contribution is 2.20. The lowest BCUT2D eigenvalue weighted by molar-refractivity contribution is 0.143. The van der Waals surface area contributed by atoms with Gasteiger partial charge in [-0.05, 0) is 43.7 Å². The Balaban J connectivity index is 1.65. The molecule has 0 aliphatic carbocycles. The normalized spacial score (nSPS) is 10.7. The Morgan fingerprint density at radius 3 is 2.23 bits per heavy atom. The highest BCUT2D eigenvalue weighted by molar-refractivity contribution is 5.56. The Bertz CT molecular complexity index is 901. The van der Waals surface area contributed by atoms with Gasteiger partial charge in [-0.2, -0.15) is 0 Å². The lowest BCUT2D eigenvalue weighted by atomic mass is 10.1. The zero-order valence-corrected chi connectivity index (χ0v) is 14.8. The molecule has 4 nitrogen and oxygen atoms in total. The van der Waals surface area contributed by atoms with Crippen LogP contribution in [-0.4, -0.2) is 20.7 Å². The van der Waals surface area contributed by atoms with E-state index in [0.29, 0.717) is 18.0 Å². The van der Waals surface area contributed by atoms with E-state index in [9.17, 15) is 5.11 Å². The van der Waals surface area contributed by atoms with Crippen LogP contribution in [0.1, 0.15) is 25.0 Å². The van der Waals surface area contributed by atoms with Gasteiger partial charge in [0.25, 0.3) is 0 Å². The Labute approximate surface area is 153 Å². The van der Waals surface area contributed by atoms with E-state index in [1.54, 1.807) is 26.2 Å². The number of rotatable bonds is 4. The maximum atomic E-state index is 9.63. The SMILES string of the molecule is CC(C)(O)C#Cc1cnc(-c2ccc(OCc3ccccc3)cc2)nc1. The first-order chi connectivity index (χ1) is 12.5. The lowest BCUT2D eigenvalue weighted by Crippen LogP contribution is -2.14. The molecule has 1 N–H and O–H groups in total. The van der Waals surface area contributed by atoms with Crippen molar-refractivity contribution in [3.63, 3.8) is 0 Å². The molecular weight excluding hydrogens is 324 g/mol. The molecule has 0 spiro atoms. The highest BCUT2D eigenvalue weighted by Gasteiger charge is 2.06. The quantitative estimate of drug-likeness (QED) is 0.731. The average Bonchev–Trinajstić information content (AvgIpc) is 2.66. The third kappa shape index (κ3) is 5.17. The first kappa shape index (κ1) is 17.7. The van der Waals surface area contributed by atoms with E-state index < -0.39 is 5.60 Å². The second-order valence-electron chi connectivity index (χ2n) is 6.40. The number of ether oxygens (including phenoxy) is 1. The molecule has 1 aromatic heterocycles. The van der Waals surface area contributed by atoms with E-state index in [1.165, 1.54) is 0 Å². The fourth-order valence-electron chi connectivity index (χ4n) is 2.21. The highest BCUT2D eigenvalue weighted by atomic mass is 16.5. The molecule has 0 atom stereocenters. The Morgan fingerprint density at radius 2 is 1.62 bits per heavy atom. The summed E-state index contributed by atoms with van der Waals surface area (Å²) >= 11 is 0. The summed E-state index contributed by atoms with van der Waals surface area (Å²) in [6.45, 7) is 3.80. The summed E-state index contributed by atoms with van der Waals surface area (Å²) in [7, 11) is 0. The molecule has 4 heteroatoms. The maximum Gasteiger partial charge on any atom is 0.159 e. The summed E-state index contributed by atoms with van der Waals surface area (Å²) in [4.78, 5) is 8.67. The molecule has 0 saturated heterocycles. The van der Waals surface area contributed by atoms with Crippen LogP contribution in [0, 0.1) is 11.8 Å². The molecule has 0 aliphatic rings. The van der Waals surface area contributed by atoms with E-state index >= 15 is 0 Å².